The molecule has 1 aromatic rings. The molecule has 1 aliphatic rings. The Morgan fingerprint density at radius 3 is 2.33 bits per heavy atom. The Bertz CT molecular complexity index is 488. The lowest BCUT2D eigenvalue weighted by Gasteiger charge is -2.29. The molecule has 0 radical (unpaired) electrons. The second-order valence-electron chi connectivity index (χ2n) is 7.42. The molecule has 118 valence electrons. The third kappa shape index (κ3) is 4.09. The zero-order valence-electron chi connectivity index (χ0n) is 14.0. The van der Waals surface area contributed by atoms with E-state index < -0.39 is 0 Å². The van der Waals surface area contributed by atoms with Crippen molar-refractivity contribution in [2.75, 3.05) is 18.5 Å². The van der Waals surface area contributed by atoms with Gasteiger partial charge in [-0.3, -0.25) is 0 Å². The highest BCUT2D eigenvalue weighted by Gasteiger charge is 2.23. The van der Waals surface area contributed by atoms with Gasteiger partial charge in [-0.05, 0) is 25.7 Å². The van der Waals surface area contributed by atoms with Crippen molar-refractivity contribution in [1.29, 1.82) is 0 Å². The van der Waals surface area contributed by atoms with Crippen LogP contribution < -0.4 is 4.90 Å². The Hall–Kier alpha value is -0.830. The molecule has 1 heterocycles. The first-order valence-electron chi connectivity index (χ1n) is 8.05. The molecule has 2 rings (SSSR count). The van der Waals surface area contributed by atoms with E-state index in [4.69, 9.17) is 16.6 Å². The number of hydrogen-bond acceptors (Lipinski definition) is 3. The molecule has 1 fully saturated rings. The highest BCUT2D eigenvalue weighted by Crippen LogP contribution is 2.30. The van der Waals surface area contributed by atoms with Crippen LogP contribution in [-0.4, -0.2) is 23.6 Å². The van der Waals surface area contributed by atoms with Crippen molar-refractivity contribution < 1.29 is 0 Å². The number of anilines is 1. The SMILES string of the molecule is Cc1c(Cl)nc(C(C)(C)C)nc1N(C)CC1CCCCC1. The minimum Gasteiger partial charge on any atom is -0.359 e. The van der Waals surface area contributed by atoms with Gasteiger partial charge in [0.05, 0.1) is 0 Å². The van der Waals surface area contributed by atoms with E-state index in [1.807, 2.05) is 6.92 Å². The highest BCUT2D eigenvalue weighted by molar-refractivity contribution is 6.30. The fourth-order valence-electron chi connectivity index (χ4n) is 3.03. The summed E-state index contributed by atoms with van der Waals surface area (Å²) in [5.74, 6) is 2.60. The molecule has 0 saturated heterocycles. The average molecular weight is 310 g/mol. The van der Waals surface area contributed by atoms with Gasteiger partial charge in [0.1, 0.15) is 16.8 Å². The highest BCUT2D eigenvalue weighted by atomic mass is 35.5. The molecule has 4 heteroatoms. The molecule has 0 N–H and O–H groups in total. The molecule has 0 aliphatic heterocycles. The summed E-state index contributed by atoms with van der Waals surface area (Å²) >= 11 is 6.33. The van der Waals surface area contributed by atoms with Crippen LogP contribution in [0.4, 0.5) is 5.82 Å². The number of nitrogens with zero attached hydrogens (tertiary/aromatic N) is 3. The van der Waals surface area contributed by atoms with E-state index in [-0.39, 0.29) is 5.41 Å². The molecule has 0 unspecified atom stereocenters. The summed E-state index contributed by atoms with van der Waals surface area (Å²) in [6.45, 7) is 9.45. The van der Waals surface area contributed by atoms with Crippen molar-refractivity contribution in [3.8, 4) is 0 Å². The number of halogens is 1. The van der Waals surface area contributed by atoms with Gasteiger partial charge in [-0.25, -0.2) is 9.97 Å². The van der Waals surface area contributed by atoms with Gasteiger partial charge < -0.3 is 4.90 Å². The first-order chi connectivity index (χ1) is 9.79. The minimum atomic E-state index is -0.0855. The van der Waals surface area contributed by atoms with Gasteiger partial charge in [0.15, 0.2) is 0 Å². The lowest BCUT2D eigenvalue weighted by molar-refractivity contribution is 0.361. The summed E-state index contributed by atoms with van der Waals surface area (Å²) in [5.41, 5.74) is 0.903. The van der Waals surface area contributed by atoms with Crippen LogP contribution >= 0.6 is 11.6 Å². The Kier molecular flexibility index (Phi) is 5.13. The van der Waals surface area contributed by atoms with Crippen LogP contribution in [0.25, 0.3) is 0 Å². The van der Waals surface area contributed by atoms with E-state index in [1.165, 1.54) is 32.1 Å². The van der Waals surface area contributed by atoms with Crippen LogP contribution in [-0.2, 0) is 5.41 Å². The van der Waals surface area contributed by atoms with Gasteiger partial charge in [0.2, 0.25) is 0 Å². The predicted molar refractivity (Wildman–Crippen MR) is 90.3 cm³/mol. The second kappa shape index (κ2) is 6.51. The van der Waals surface area contributed by atoms with Gasteiger partial charge in [0.25, 0.3) is 0 Å². The van der Waals surface area contributed by atoms with Crippen LogP contribution in [0, 0.1) is 12.8 Å². The summed E-state index contributed by atoms with van der Waals surface area (Å²) in [4.78, 5) is 11.5. The maximum Gasteiger partial charge on any atom is 0.137 e. The number of aromatic nitrogens is 2. The van der Waals surface area contributed by atoms with Gasteiger partial charge in [0, 0.05) is 24.6 Å². The third-order valence-electron chi connectivity index (χ3n) is 4.35. The minimum absolute atomic E-state index is 0.0855. The zero-order valence-corrected chi connectivity index (χ0v) is 14.8. The molecule has 0 spiro atoms. The summed E-state index contributed by atoms with van der Waals surface area (Å²) in [6, 6.07) is 0. The zero-order chi connectivity index (χ0) is 15.6. The Balaban J connectivity index is 2.22. The Labute approximate surface area is 134 Å². The van der Waals surface area contributed by atoms with E-state index in [2.05, 4.69) is 37.7 Å². The summed E-state index contributed by atoms with van der Waals surface area (Å²) in [7, 11) is 2.13. The number of rotatable bonds is 3. The van der Waals surface area contributed by atoms with Crippen molar-refractivity contribution >= 4 is 17.4 Å². The summed E-state index contributed by atoms with van der Waals surface area (Å²) < 4.78 is 0. The van der Waals surface area contributed by atoms with Crippen molar-refractivity contribution in [2.24, 2.45) is 5.92 Å². The first kappa shape index (κ1) is 16.5. The number of hydrogen-bond donors (Lipinski definition) is 0. The molecule has 1 aromatic heterocycles. The topological polar surface area (TPSA) is 29.0 Å². The fourth-order valence-corrected chi connectivity index (χ4v) is 3.19. The quantitative estimate of drug-likeness (QED) is 0.754. The largest absolute Gasteiger partial charge is 0.359 e. The Morgan fingerprint density at radius 2 is 1.76 bits per heavy atom. The maximum absolute atomic E-state index is 6.33. The van der Waals surface area contributed by atoms with Crippen LogP contribution in [0.5, 0.6) is 0 Å². The fraction of sp³-hybridized carbons (Fsp3) is 0.765. The third-order valence-corrected chi connectivity index (χ3v) is 4.72. The smallest absolute Gasteiger partial charge is 0.137 e. The van der Waals surface area contributed by atoms with E-state index in [0.29, 0.717) is 5.15 Å². The van der Waals surface area contributed by atoms with E-state index >= 15 is 0 Å². The maximum atomic E-state index is 6.33. The van der Waals surface area contributed by atoms with Gasteiger partial charge in [-0.2, -0.15) is 0 Å². The molecule has 0 aromatic carbocycles. The molecular weight excluding hydrogens is 282 g/mol. The van der Waals surface area contributed by atoms with Gasteiger partial charge in [-0.15, -0.1) is 0 Å². The van der Waals surface area contributed by atoms with E-state index in [1.54, 1.807) is 0 Å². The molecule has 1 aliphatic carbocycles. The van der Waals surface area contributed by atoms with Crippen LogP contribution in [0.2, 0.25) is 5.15 Å². The predicted octanol–water partition coefficient (Wildman–Crippen LogP) is 4.75. The van der Waals surface area contributed by atoms with Crippen molar-refractivity contribution in [1.82, 2.24) is 9.97 Å². The van der Waals surface area contributed by atoms with E-state index in [0.717, 1.165) is 29.7 Å². The van der Waals surface area contributed by atoms with Crippen LogP contribution in [0.3, 0.4) is 0 Å². The molecular formula is C17H28ClN3. The Morgan fingerprint density at radius 1 is 1.14 bits per heavy atom. The standard InChI is InChI=1S/C17H28ClN3/c1-12-14(18)19-16(17(2,3)4)20-15(12)21(5)11-13-9-7-6-8-10-13/h13H,6-11H2,1-5H3. The van der Waals surface area contributed by atoms with Crippen molar-refractivity contribution in [3.63, 3.8) is 0 Å². The summed E-state index contributed by atoms with van der Waals surface area (Å²) in [6.07, 6.45) is 6.82. The van der Waals surface area contributed by atoms with Gasteiger partial charge in [-0.1, -0.05) is 51.6 Å². The average Bonchev–Trinajstić information content (AvgIpc) is 2.41. The normalized spacial score (nSPS) is 17.0. The van der Waals surface area contributed by atoms with Crippen LogP contribution in [0.1, 0.15) is 64.3 Å². The monoisotopic (exact) mass is 309 g/mol. The van der Waals surface area contributed by atoms with E-state index in [9.17, 15) is 0 Å². The van der Waals surface area contributed by atoms with Crippen LogP contribution in [0.15, 0.2) is 0 Å². The lowest BCUT2D eigenvalue weighted by atomic mass is 9.89. The molecule has 3 nitrogen and oxygen atoms in total. The van der Waals surface area contributed by atoms with Crippen molar-refractivity contribution in [3.05, 3.63) is 16.5 Å². The van der Waals surface area contributed by atoms with Crippen molar-refractivity contribution in [2.45, 2.75) is 65.2 Å². The molecule has 1 saturated carbocycles. The molecule has 0 atom stereocenters. The lowest BCUT2D eigenvalue weighted by Crippen LogP contribution is -2.29. The summed E-state index contributed by atoms with van der Waals surface area (Å²) in [5, 5.41) is 0.584. The molecule has 0 bridgehead atoms. The molecule has 0 amide bonds. The second-order valence-corrected chi connectivity index (χ2v) is 7.78. The van der Waals surface area contributed by atoms with Gasteiger partial charge >= 0.3 is 0 Å². The first-order valence-corrected chi connectivity index (χ1v) is 8.42. The molecule has 21 heavy (non-hydrogen) atoms.